The van der Waals surface area contributed by atoms with Crippen molar-refractivity contribution in [2.24, 2.45) is 0 Å². The van der Waals surface area contributed by atoms with E-state index in [1.165, 1.54) is 28.6 Å². The van der Waals surface area contributed by atoms with Gasteiger partial charge in [-0.1, -0.05) is 61.4 Å². The van der Waals surface area contributed by atoms with E-state index in [-0.39, 0.29) is 23.3 Å². The lowest BCUT2D eigenvalue weighted by Gasteiger charge is -2.37. The number of anilines is 2. The fourth-order valence-corrected chi connectivity index (χ4v) is 6.97. The van der Waals surface area contributed by atoms with Crippen LogP contribution in [-0.4, -0.2) is 56.7 Å². The molecule has 38 heavy (non-hydrogen) atoms. The van der Waals surface area contributed by atoms with Crippen LogP contribution < -0.4 is 15.4 Å². The summed E-state index contributed by atoms with van der Waals surface area (Å²) in [5, 5.41) is 0. The Morgan fingerprint density at radius 3 is 2.42 bits per heavy atom. The summed E-state index contributed by atoms with van der Waals surface area (Å²) < 4.78 is 16.4. The molecule has 2 aliphatic heterocycles. The lowest BCUT2D eigenvalue weighted by atomic mass is 9.94. The molecule has 1 amide bonds. The predicted octanol–water partition coefficient (Wildman–Crippen LogP) is 4.69. The average Bonchev–Trinajstić information content (AvgIpc) is 3.23. The number of amides is 1. The van der Waals surface area contributed by atoms with Gasteiger partial charge in [0.1, 0.15) is 21.6 Å². The average molecular weight is 550 g/mol. The number of rotatable bonds is 4. The first kappa shape index (κ1) is 25.1. The van der Waals surface area contributed by atoms with Gasteiger partial charge in [-0.05, 0) is 43.2 Å². The minimum absolute atomic E-state index is 0.125. The molecule has 3 aromatic rings. The van der Waals surface area contributed by atoms with Gasteiger partial charge in [0.15, 0.2) is 0 Å². The number of halogens is 1. The molecule has 4 heterocycles. The minimum atomic E-state index is -0.247. The van der Waals surface area contributed by atoms with E-state index in [4.69, 9.17) is 17.2 Å². The van der Waals surface area contributed by atoms with Crippen molar-refractivity contribution < 1.29 is 9.18 Å². The Bertz CT molecular complexity index is 1490. The first-order valence-corrected chi connectivity index (χ1v) is 14.3. The third-order valence-corrected chi connectivity index (χ3v) is 8.89. The lowest BCUT2D eigenvalue weighted by molar-refractivity contribution is -0.124. The Morgan fingerprint density at radius 2 is 1.66 bits per heavy atom. The number of carbonyl (C=O) groups is 1. The van der Waals surface area contributed by atoms with Gasteiger partial charge >= 0.3 is 0 Å². The molecule has 0 radical (unpaired) electrons. The van der Waals surface area contributed by atoms with E-state index in [1.54, 1.807) is 41.4 Å². The molecule has 2 saturated heterocycles. The maximum absolute atomic E-state index is 14.4. The molecule has 0 N–H and O–H groups in total. The zero-order chi connectivity index (χ0) is 26.2. The molecule has 1 saturated carbocycles. The number of aromatic nitrogens is 2. The number of hydrogen-bond acceptors (Lipinski definition) is 7. The number of thiocarbonyl (C=S) groups is 1. The Kier molecular flexibility index (Phi) is 6.92. The maximum atomic E-state index is 14.4. The number of piperazine rings is 1. The number of benzene rings is 1. The number of carbonyl (C=O) groups excluding carboxylic acids is 1. The van der Waals surface area contributed by atoms with Crippen molar-refractivity contribution >= 4 is 57.4 Å². The van der Waals surface area contributed by atoms with Crippen LogP contribution in [0.2, 0.25) is 0 Å². The van der Waals surface area contributed by atoms with E-state index < -0.39 is 0 Å². The Hall–Kier alpha value is -3.24. The smallest absolute Gasteiger partial charge is 0.267 e. The third-order valence-electron chi connectivity index (χ3n) is 7.56. The van der Waals surface area contributed by atoms with E-state index >= 15 is 0 Å². The van der Waals surface area contributed by atoms with Crippen molar-refractivity contribution in [2.75, 3.05) is 36.0 Å². The molecule has 1 aliphatic carbocycles. The first-order chi connectivity index (χ1) is 18.5. The molecule has 2 aromatic heterocycles. The largest absolute Gasteiger partial charge is 0.366 e. The highest BCUT2D eigenvalue weighted by Crippen LogP contribution is 2.38. The van der Waals surface area contributed by atoms with Crippen LogP contribution in [0.5, 0.6) is 0 Å². The van der Waals surface area contributed by atoms with Crippen LogP contribution in [0.15, 0.2) is 58.4 Å². The van der Waals surface area contributed by atoms with Gasteiger partial charge in [0.2, 0.25) is 0 Å². The molecule has 0 spiro atoms. The number of para-hydroxylation sites is 1. The highest BCUT2D eigenvalue weighted by Gasteiger charge is 2.38. The molecule has 3 fully saturated rings. The molecule has 3 aliphatic rings. The van der Waals surface area contributed by atoms with Crippen molar-refractivity contribution in [2.45, 2.75) is 38.1 Å². The number of fused-ring (bicyclic) bond motifs is 1. The topological polar surface area (TPSA) is 61.2 Å². The number of nitrogens with zero attached hydrogens (tertiary/aromatic N) is 5. The third kappa shape index (κ3) is 4.60. The summed E-state index contributed by atoms with van der Waals surface area (Å²) in [6.07, 6.45) is 8.66. The molecule has 6 rings (SSSR count). The highest BCUT2D eigenvalue weighted by atomic mass is 32.2. The molecule has 0 unspecified atom stereocenters. The number of pyridine rings is 1. The van der Waals surface area contributed by atoms with Crippen LogP contribution in [0.25, 0.3) is 11.7 Å². The van der Waals surface area contributed by atoms with Gasteiger partial charge in [-0.15, -0.1) is 0 Å². The monoisotopic (exact) mass is 549 g/mol. The molecule has 10 heteroatoms. The molecular formula is C28H28FN5O2S2. The SMILES string of the molecule is O=C1C(=Cc2c(N3CCN(c4ccccc4F)CC3)nc3ccccn3c2=O)SC(=S)N1C1CCCCC1. The van der Waals surface area contributed by atoms with Gasteiger partial charge in [-0.25, -0.2) is 9.37 Å². The summed E-state index contributed by atoms with van der Waals surface area (Å²) in [4.78, 5) is 38.3. The van der Waals surface area contributed by atoms with Gasteiger partial charge in [0, 0.05) is 38.4 Å². The van der Waals surface area contributed by atoms with Gasteiger partial charge in [0.05, 0.1) is 16.2 Å². The van der Waals surface area contributed by atoms with Crippen LogP contribution in [0.3, 0.4) is 0 Å². The second kappa shape index (κ2) is 10.5. The molecule has 0 atom stereocenters. The number of thioether (sulfide) groups is 1. The van der Waals surface area contributed by atoms with E-state index in [2.05, 4.69) is 4.90 Å². The van der Waals surface area contributed by atoms with Crippen LogP contribution in [0.1, 0.15) is 37.7 Å². The lowest BCUT2D eigenvalue weighted by Crippen LogP contribution is -2.47. The second-order valence-corrected chi connectivity index (χ2v) is 11.5. The zero-order valence-corrected chi connectivity index (χ0v) is 22.5. The Morgan fingerprint density at radius 1 is 0.947 bits per heavy atom. The van der Waals surface area contributed by atoms with Gasteiger partial charge < -0.3 is 9.80 Å². The maximum Gasteiger partial charge on any atom is 0.267 e. The predicted molar refractivity (Wildman–Crippen MR) is 154 cm³/mol. The Labute approximate surface area is 229 Å². The molecule has 7 nitrogen and oxygen atoms in total. The summed E-state index contributed by atoms with van der Waals surface area (Å²) >= 11 is 6.87. The van der Waals surface area contributed by atoms with Crippen molar-refractivity contribution in [3.63, 3.8) is 0 Å². The summed E-state index contributed by atoms with van der Waals surface area (Å²) in [5.41, 5.74) is 1.25. The first-order valence-electron chi connectivity index (χ1n) is 13.0. The summed E-state index contributed by atoms with van der Waals surface area (Å²) in [5.74, 6) is 0.167. The molecular weight excluding hydrogens is 521 g/mol. The molecule has 0 bridgehead atoms. The molecule has 1 aromatic carbocycles. The van der Waals surface area contributed by atoms with E-state index in [1.807, 2.05) is 17.0 Å². The van der Waals surface area contributed by atoms with Gasteiger partial charge in [-0.3, -0.25) is 18.9 Å². The summed E-state index contributed by atoms with van der Waals surface area (Å²) in [7, 11) is 0. The van der Waals surface area contributed by atoms with Crippen LogP contribution in [-0.2, 0) is 4.79 Å². The fraction of sp³-hybridized carbons (Fsp3) is 0.357. The van der Waals surface area contributed by atoms with E-state index in [0.717, 1.165) is 25.7 Å². The number of hydrogen-bond donors (Lipinski definition) is 0. The van der Waals surface area contributed by atoms with Crippen LogP contribution >= 0.6 is 24.0 Å². The summed E-state index contributed by atoms with van der Waals surface area (Å²) in [6, 6.07) is 12.3. The molecule has 196 valence electrons. The van der Waals surface area contributed by atoms with Crippen LogP contribution in [0.4, 0.5) is 15.9 Å². The zero-order valence-electron chi connectivity index (χ0n) is 20.9. The highest BCUT2D eigenvalue weighted by molar-refractivity contribution is 8.26. The van der Waals surface area contributed by atoms with Crippen LogP contribution in [0, 0.1) is 5.82 Å². The normalized spacial score (nSPS) is 20.2. The fourth-order valence-electron chi connectivity index (χ4n) is 5.59. The van der Waals surface area contributed by atoms with Gasteiger partial charge in [0.25, 0.3) is 11.5 Å². The minimum Gasteiger partial charge on any atom is -0.366 e. The second-order valence-electron chi connectivity index (χ2n) is 9.85. The van der Waals surface area contributed by atoms with E-state index in [9.17, 15) is 14.0 Å². The van der Waals surface area contributed by atoms with Crippen molar-refractivity contribution in [3.8, 4) is 0 Å². The summed E-state index contributed by atoms with van der Waals surface area (Å²) in [6.45, 7) is 2.29. The van der Waals surface area contributed by atoms with Gasteiger partial charge in [-0.2, -0.15) is 0 Å². The van der Waals surface area contributed by atoms with Crippen molar-refractivity contribution in [3.05, 3.63) is 75.3 Å². The van der Waals surface area contributed by atoms with Crippen molar-refractivity contribution in [1.29, 1.82) is 0 Å². The quantitative estimate of drug-likeness (QED) is 0.346. The van der Waals surface area contributed by atoms with E-state index in [0.29, 0.717) is 58.1 Å². The Balaban J connectivity index is 1.35. The van der Waals surface area contributed by atoms with Crippen molar-refractivity contribution in [1.82, 2.24) is 14.3 Å². The standard InChI is InChI=1S/C28H28FN5O2S2/c29-21-10-4-5-11-22(21)31-14-16-32(17-15-31)25-20(26(35)33-13-7-6-12-24(33)30-25)18-23-27(36)34(28(37)38-23)19-8-2-1-3-9-19/h4-7,10-13,18-19H,1-3,8-9,14-17H2.